The first kappa shape index (κ1) is 10.7. The van der Waals surface area contributed by atoms with Gasteiger partial charge in [0.25, 0.3) is 0 Å². The van der Waals surface area contributed by atoms with Crippen molar-refractivity contribution in [2.24, 2.45) is 0 Å². The third kappa shape index (κ3) is 2.58. The van der Waals surface area contributed by atoms with Crippen LogP contribution in [0.3, 0.4) is 0 Å². The molecular weight excluding hydrogens is 186 g/mol. The number of aryl methyl sites for hydroxylation is 1. The summed E-state index contributed by atoms with van der Waals surface area (Å²) in [5, 5.41) is 9.25. The molecule has 2 heteroatoms. The highest BCUT2D eigenvalue weighted by Crippen LogP contribution is 2.05. The lowest BCUT2D eigenvalue weighted by molar-refractivity contribution is -0.926. The Hall–Kier alpha value is -0.860. The average Bonchev–Trinajstić information content (AvgIpc) is 2.65. The fraction of sp³-hybridized carbons (Fsp3) is 0.538. The summed E-state index contributed by atoms with van der Waals surface area (Å²) in [6, 6.07) is 9.15. The number of rotatable bonds is 3. The molecular formula is C13H20NO+. The summed E-state index contributed by atoms with van der Waals surface area (Å²) in [5.74, 6) is 0. The maximum Gasteiger partial charge on any atom is 0.111 e. The van der Waals surface area contributed by atoms with Gasteiger partial charge in [-0.2, -0.15) is 0 Å². The van der Waals surface area contributed by atoms with E-state index in [0.29, 0.717) is 12.6 Å². The highest BCUT2D eigenvalue weighted by atomic mass is 16.3. The van der Waals surface area contributed by atoms with Crippen LogP contribution in [0, 0.1) is 6.92 Å². The lowest BCUT2D eigenvalue weighted by Crippen LogP contribution is -3.12. The first-order chi connectivity index (χ1) is 7.29. The van der Waals surface area contributed by atoms with Gasteiger partial charge in [-0.05, 0) is 6.92 Å². The highest BCUT2D eigenvalue weighted by molar-refractivity contribution is 5.21. The number of hydrogen-bond donors (Lipinski definition) is 2. The van der Waals surface area contributed by atoms with Crippen LogP contribution in [0.15, 0.2) is 24.3 Å². The molecule has 15 heavy (non-hydrogen) atoms. The Labute approximate surface area is 91.5 Å². The molecule has 2 atom stereocenters. The summed E-state index contributed by atoms with van der Waals surface area (Å²) >= 11 is 0. The molecule has 1 fully saturated rings. The predicted molar refractivity (Wildman–Crippen MR) is 60.8 cm³/mol. The molecule has 82 valence electrons. The molecule has 1 aliphatic heterocycles. The second kappa shape index (κ2) is 4.77. The van der Waals surface area contributed by atoms with Crippen molar-refractivity contribution in [2.75, 3.05) is 13.2 Å². The van der Waals surface area contributed by atoms with Gasteiger partial charge in [-0.15, -0.1) is 0 Å². The van der Waals surface area contributed by atoms with Crippen LogP contribution < -0.4 is 4.90 Å². The fourth-order valence-corrected chi connectivity index (χ4v) is 2.52. The van der Waals surface area contributed by atoms with Crippen LogP contribution in [0.1, 0.15) is 24.0 Å². The average molecular weight is 206 g/mol. The summed E-state index contributed by atoms with van der Waals surface area (Å²) in [6.07, 6.45) is 2.43. The molecule has 0 amide bonds. The van der Waals surface area contributed by atoms with Crippen LogP contribution >= 0.6 is 0 Å². The lowest BCUT2D eigenvalue weighted by Gasteiger charge is -2.19. The molecule has 0 aromatic heterocycles. The van der Waals surface area contributed by atoms with Gasteiger partial charge in [0.05, 0.1) is 13.2 Å². The van der Waals surface area contributed by atoms with E-state index in [0.717, 1.165) is 6.54 Å². The Balaban J connectivity index is 2.02. The lowest BCUT2D eigenvalue weighted by atomic mass is 10.1. The number of benzene rings is 1. The monoisotopic (exact) mass is 206 g/mol. The first-order valence-electron chi connectivity index (χ1n) is 5.80. The molecule has 0 radical (unpaired) electrons. The first-order valence-corrected chi connectivity index (χ1v) is 5.80. The molecule has 1 aromatic carbocycles. The Morgan fingerprint density at radius 3 is 3.07 bits per heavy atom. The van der Waals surface area contributed by atoms with E-state index in [1.807, 2.05) is 0 Å². The van der Waals surface area contributed by atoms with Crippen LogP contribution in [0.5, 0.6) is 0 Å². The number of quaternary nitrogens is 1. The van der Waals surface area contributed by atoms with E-state index in [9.17, 15) is 5.11 Å². The summed E-state index contributed by atoms with van der Waals surface area (Å²) in [6.45, 7) is 4.74. The van der Waals surface area contributed by atoms with Gasteiger partial charge in [0, 0.05) is 18.4 Å². The molecule has 0 saturated carbocycles. The minimum Gasteiger partial charge on any atom is -0.390 e. The van der Waals surface area contributed by atoms with Crippen LogP contribution in [0.4, 0.5) is 0 Å². The maximum atomic E-state index is 9.25. The van der Waals surface area contributed by atoms with Gasteiger partial charge in [0.1, 0.15) is 12.6 Å². The van der Waals surface area contributed by atoms with E-state index in [4.69, 9.17) is 0 Å². The number of aliphatic hydroxyl groups excluding tert-OH is 1. The second-order valence-corrected chi connectivity index (χ2v) is 4.60. The van der Waals surface area contributed by atoms with Gasteiger partial charge in [-0.3, -0.25) is 0 Å². The zero-order chi connectivity index (χ0) is 10.7. The van der Waals surface area contributed by atoms with Crippen molar-refractivity contribution in [3.8, 4) is 0 Å². The third-order valence-electron chi connectivity index (χ3n) is 3.36. The molecule has 1 aromatic rings. The Morgan fingerprint density at radius 1 is 1.47 bits per heavy atom. The molecule has 2 N–H and O–H groups in total. The molecule has 0 bridgehead atoms. The molecule has 0 spiro atoms. The van der Waals surface area contributed by atoms with Crippen molar-refractivity contribution in [1.82, 2.24) is 0 Å². The van der Waals surface area contributed by atoms with Crippen LogP contribution in [-0.2, 0) is 6.54 Å². The minimum absolute atomic E-state index is 0.334. The zero-order valence-corrected chi connectivity index (χ0v) is 9.37. The van der Waals surface area contributed by atoms with Gasteiger partial charge in [-0.1, -0.05) is 29.8 Å². The largest absolute Gasteiger partial charge is 0.390 e. The second-order valence-electron chi connectivity index (χ2n) is 4.60. The topological polar surface area (TPSA) is 24.7 Å². The van der Waals surface area contributed by atoms with E-state index < -0.39 is 0 Å². The quantitative estimate of drug-likeness (QED) is 0.741. The standard InChI is InChI=1S/C13H19NO/c1-11-4-2-5-12(8-11)9-14-7-3-6-13(14)10-15/h2,4-5,8,13,15H,3,6-7,9-10H2,1H3/p+1/t13-/m1/s1. The molecule has 1 unspecified atom stereocenters. The molecule has 0 aliphatic carbocycles. The van der Waals surface area contributed by atoms with E-state index in [1.54, 1.807) is 4.90 Å². The Kier molecular flexibility index (Phi) is 3.39. The smallest absolute Gasteiger partial charge is 0.111 e. The van der Waals surface area contributed by atoms with Gasteiger partial charge < -0.3 is 10.0 Å². The predicted octanol–water partition coefficient (Wildman–Crippen LogP) is 0.535. The van der Waals surface area contributed by atoms with E-state index in [1.165, 1.54) is 30.5 Å². The van der Waals surface area contributed by atoms with Crippen LogP contribution in [-0.4, -0.2) is 24.3 Å². The van der Waals surface area contributed by atoms with Crippen molar-refractivity contribution < 1.29 is 10.0 Å². The molecule has 1 aliphatic rings. The van der Waals surface area contributed by atoms with Crippen molar-refractivity contribution >= 4 is 0 Å². The van der Waals surface area contributed by atoms with Gasteiger partial charge >= 0.3 is 0 Å². The third-order valence-corrected chi connectivity index (χ3v) is 3.36. The van der Waals surface area contributed by atoms with Gasteiger partial charge in [-0.25, -0.2) is 0 Å². The number of aliphatic hydroxyl groups is 1. The zero-order valence-electron chi connectivity index (χ0n) is 9.37. The molecule has 1 saturated heterocycles. The van der Waals surface area contributed by atoms with Crippen LogP contribution in [0.2, 0.25) is 0 Å². The summed E-state index contributed by atoms with van der Waals surface area (Å²) in [7, 11) is 0. The molecule has 1 heterocycles. The number of hydrogen-bond acceptors (Lipinski definition) is 1. The summed E-state index contributed by atoms with van der Waals surface area (Å²) in [5.41, 5.74) is 2.72. The number of likely N-dealkylation sites (tertiary alicyclic amines) is 1. The minimum atomic E-state index is 0.334. The normalized spacial score (nSPS) is 25.7. The van der Waals surface area contributed by atoms with Crippen LogP contribution in [0.25, 0.3) is 0 Å². The van der Waals surface area contributed by atoms with Crippen molar-refractivity contribution in [1.29, 1.82) is 0 Å². The maximum absolute atomic E-state index is 9.25. The number of nitrogens with one attached hydrogen (secondary N) is 1. The van der Waals surface area contributed by atoms with Gasteiger partial charge in [0.15, 0.2) is 0 Å². The van der Waals surface area contributed by atoms with Gasteiger partial charge in [0.2, 0.25) is 0 Å². The van der Waals surface area contributed by atoms with Crippen molar-refractivity contribution in [3.63, 3.8) is 0 Å². The SMILES string of the molecule is Cc1cccc(C[NH+]2CCC[C@@H]2CO)c1. The summed E-state index contributed by atoms with van der Waals surface area (Å²) in [4.78, 5) is 1.54. The summed E-state index contributed by atoms with van der Waals surface area (Å²) < 4.78 is 0. The fourth-order valence-electron chi connectivity index (χ4n) is 2.52. The Bertz CT molecular complexity index is 324. The highest BCUT2D eigenvalue weighted by Gasteiger charge is 2.27. The van der Waals surface area contributed by atoms with Crippen molar-refractivity contribution in [2.45, 2.75) is 32.4 Å². The Morgan fingerprint density at radius 2 is 2.33 bits per heavy atom. The van der Waals surface area contributed by atoms with E-state index >= 15 is 0 Å². The molecule has 2 nitrogen and oxygen atoms in total. The van der Waals surface area contributed by atoms with E-state index in [-0.39, 0.29) is 0 Å². The van der Waals surface area contributed by atoms with Crippen molar-refractivity contribution in [3.05, 3.63) is 35.4 Å². The van der Waals surface area contributed by atoms with E-state index in [2.05, 4.69) is 31.2 Å². The molecule has 2 rings (SSSR count).